The summed E-state index contributed by atoms with van der Waals surface area (Å²) in [6, 6.07) is 13.2. The average molecular weight is 368 g/mol. The average Bonchev–Trinajstić information content (AvgIpc) is 2.63. The number of aryl methyl sites for hydroxylation is 2. The van der Waals surface area contributed by atoms with Gasteiger partial charge in [0.2, 0.25) is 5.91 Å². The molecule has 1 saturated heterocycles. The number of anilines is 2. The molecule has 0 atom stereocenters. The highest BCUT2D eigenvalue weighted by Crippen LogP contribution is 2.22. The van der Waals surface area contributed by atoms with Crippen LogP contribution in [0.15, 0.2) is 42.5 Å². The summed E-state index contributed by atoms with van der Waals surface area (Å²) < 4.78 is 0. The zero-order chi connectivity index (χ0) is 19.4. The van der Waals surface area contributed by atoms with Crippen LogP contribution in [-0.4, -0.2) is 48.5 Å². The molecule has 1 aliphatic rings. The first-order valence-electron chi connectivity index (χ1n) is 9.01. The fourth-order valence-electron chi connectivity index (χ4n) is 3.28. The molecule has 7 nitrogen and oxygen atoms in total. The first-order valence-corrected chi connectivity index (χ1v) is 9.01. The van der Waals surface area contributed by atoms with Gasteiger partial charge in [-0.2, -0.15) is 0 Å². The number of piperazine rings is 1. The number of hydrogen-bond donors (Lipinski definition) is 1. The molecule has 1 amide bonds. The van der Waals surface area contributed by atoms with Crippen molar-refractivity contribution in [3.05, 3.63) is 63.7 Å². The van der Waals surface area contributed by atoms with Gasteiger partial charge in [0.15, 0.2) is 0 Å². The number of amides is 1. The van der Waals surface area contributed by atoms with Crippen LogP contribution in [0.2, 0.25) is 0 Å². The van der Waals surface area contributed by atoms with E-state index in [4.69, 9.17) is 0 Å². The lowest BCUT2D eigenvalue weighted by Gasteiger charge is -2.35. The maximum atomic E-state index is 12.3. The number of hydrogen-bond acceptors (Lipinski definition) is 5. The highest BCUT2D eigenvalue weighted by molar-refractivity contribution is 5.92. The van der Waals surface area contributed by atoms with Gasteiger partial charge in [0.25, 0.3) is 5.69 Å². The van der Waals surface area contributed by atoms with Crippen molar-refractivity contribution in [3.63, 3.8) is 0 Å². The predicted octanol–water partition coefficient (Wildman–Crippen LogP) is 2.97. The van der Waals surface area contributed by atoms with E-state index in [0.29, 0.717) is 11.3 Å². The van der Waals surface area contributed by atoms with Crippen molar-refractivity contribution < 1.29 is 9.72 Å². The Kier molecular flexibility index (Phi) is 5.71. The number of carbonyl (C=O) groups is 1. The van der Waals surface area contributed by atoms with Crippen molar-refractivity contribution in [3.8, 4) is 0 Å². The first-order chi connectivity index (χ1) is 12.9. The number of benzene rings is 2. The molecule has 1 N–H and O–H groups in total. The number of carbonyl (C=O) groups excluding carboxylic acids is 1. The molecule has 142 valence electrons. The third kappa shape index (κ3) is 4.83. The van der Waals surface area contributed by atoms with E-state index in [-0.39, 0.29) is 18.1 Å². The molecule has 0 bridgehead atoms. The van der Waals surface area contributed by atoms with Crippen LogP contribution in [0.4, 0.5) is 17.1 Å². The predicted molar refractivity (Wildman–Crippen MR) is 106 cm³/mol. The van der Waals surface area contributed by atoms with E-state index in [1.165, 1.54) is 17.3 Å². The summed E-state index contributed by atoms with van der Waals surface area (Å²) in [6.45, 7) is 7.38. The number of nitrogens with one attached hydrogen (secondary N) is 1. The Morgan fingerprint density at radius 2 is 1.85 bits per heavy atom. The zero-order valence-electron chi connectivity index (χ0n) is 15.6. The van der Waals surface area contributed by atoms with Crippen LogP contribution in [0, 0.1) is 24.0 Å². The summed E-state index contributed by atoms with van der Waals surface area (Å²) in [5, 5.41) is 13.8. The minimum Gasteiger partial charge on any atom is -0.369 e. The quantitative estimate of drug-likeness (QED) is 0.648. The Bertz CT molecular complexity index is 845. The Morgan fingerprint density at radius 1 is 1.11 bits per heavy atom. The molecule has 2 aromatic rings. The largest absolute Gasteiger partial charge is 0.369 e. The molecule has 0 saturated carbocycles. The lowest BCUT2D eigenvalue weighted by atomic mass is 10.2. The summed E-state index contributed by atoms with van der Waals surface area (Å²) in [4.78, 5) is 27.3. The molecule has 27 heavy (non-hydrogen) atoms. The summed E-state index contributed by atoms with van der Waals surface area (Å²) in [5.74, 6) is -0.155. The SMILES string of the molecule is Cc1cccc(N2CCN(CC(=O)Nc3ccc(C)c([N+](=O)[O-])c3)CC2)c1. The van der Waals surface area contributed by atoms with Gasteiger partial charge in [0, 0.05) is 49.2 Å². The normalized spacial score (nSPS) is 14.8. The third-order valence-electron chi connectivity index (χ3n) is 4.80. The van der Waals surface area contributed by atoms with Gasteiger partial charge in [-0.15, -0.1) is 0 Å². The number of nitro benzene ring substituents is 1. The Morgan fingerprint density at radius 3 is 2.52 bits per heavy atom. The highest BCUT2D eigenvalue weighted by Gasteiger charge is 2.20. The first kappa shape index (κ1) is 18.8. The van der Waals surface area contributed by atoms with Crippen LogP contribution >= 0.6 is 0 Å². The van der Waals surface area contributed by atoms with Gasteiger partial charge >= 0.3 is 0 Å². The van der Waals surface area contributed by atoms with Gasteiger partial charge in [-0.1, -0.05) is 18.2 Å². The molecule has 1 fully saturated rings. The fraction of sp³-hybridized carbons (Fsp3) is 0.350. The van der Waals surface area contributed by atoms with Crippen LogP contribution in [0.1, 0.15) is 11.1 Å². The second-order valence-electron chi connectivity index (χ2n) is 6.91. The van der Waals surface area contributed by atoms with Crippen molar-refractivity contribution in [1.82, 2.24) is 4.90 Å². The van der Waals surface area contributed by atoms with Crippen LogP contribution in [0.25, 0.3) is 0 Å². The summed E-state index contributed by atoms with van der Waals surface area (Å²) in [7, 11) is 0. The number of nitro groups is 1. The van der Waals surface area contributed by atoms with E-state index in [0.717, 1.165) is 26.2 Å². The molecule has 0 spiro atoms. The molecule has 2 aromatic carbocycles. The van der Waals surface area contributed by atoms with E-state index in [2.05, 4.69) is 46.3 Å². The van der Waals surface area contributed by atoms with Gasteiger partial charge in [-0.25, -0.2) is 0 Å². The summed E-state index contributed by atoms with van der Waals surface area (Å²) in [5.41, 5.74) is 3.49. The van der Waals surface area contributed by atoms with Crippen LogP contribution < -0.4 is 10.2 Å². The molecule has 0 aromatic heterocycles. The van der Waals surface area contributed by atoms with E-state index in [9.17, 15) is 14.9 Å². The van der Waals surface area contributed by atoms with Crippen LogP contribution in [0.5, 0.6) is 0 Å². The zero-order valence-corrected chi connectivity index (χ0v) is 15.6. The van der Waals surface area contributed by atoms with E-state index < -0.39 is 4.92 Å². The lowest BCUT2D eigenvalue weighted by molar-refractivity contribution is -0.385. The van der Waals surface area contributed by atoms with E-state index >= 15 is 0 Å². The van der Waals surface area contributed by atoms with Crippen molar-refractivity contribution in [1.29, 1.82) is 0 Å². The highest BCUT2D eigenvalue weighted by atomic mass is 16.6. The summed E-state index contributed by atoms with van der Waals surface area (Å²) >= 11 is 0. The molecular weight excluding hydrogens is 344 g/mol. The maximum Gasteiger partial charge on any atom is 0.274 e. The minimum absolute atomic E-state index is 0.0135. The molecule has 1 aliphatic heterocycles. The van der Waals surface area contributed by atoms with Gasteiger partial charge in [-0.3, -0.25) is 19.8 Å². The lowest BCUT2D eigenvalue weighted by Crippen LogP contribution is -2.48. The third-order valence-corrected chi connectivity index (χ3v) is 4.80. The Balaban J connectivity index is 1.52. The Labute approximate surface area is 158 Å². The molecule has 0 aliphatic carbocycles. The molecule has 0 radical (unpaired) electrons. The van der Waals surface area contributed by atoms with Gasteiger partial charge < -0.3 is 10.2 Å². The molecule has 0 unspecified atom stereocenters. The van der Waals surface area contributed by atoms with Crippen molar-refractivity contribution in [2.45, 2.75) is 13.8 Å². The second-order valence-corrected chi connectivity index (χ2v) is 6.91. The van der Waals surface area contributed by atoms with Gasteiger partial charge in [0.1, 0.15) is 0 Å². The van der Waals surface area contributed by atoms with Gasteiger partial charge in [0.05, 0.1) is 11.5 Å². The van der Waals surface area contributed by atoms with E-state index in [1.54, 1.807) is 19.1 Å². The van der Waals surface area contributed by atoms with Gasteiger partial charge in [-0.05, 0) is 37.6 Å². The molecule has 1 heterocycles. The van der Waals surface area contributed by atoms with E-state index in [1.807, 2.05) is 0 Å². The van der Waals surface area contributed by atoms with Crippen molar-refractivity contribution >= 4 is 23.0 Å². The fourth-order valence-corrected chi connectivity index (χ4v) is 3.28. The standard InChI is InChI=1S/C20H24N4O3/c1-15-4-3-5-18(12-15)23-10-8-22(9-11-23)14-20(25)21-17-7-6-16(2)19(13-17)24(26)27/h3-7,12-13H,8-11,14H2,1-2H3,(H,21,25). The molecule has 3 rings (SSSR count). The number of nitrogens with zero attached hydrogens (tertiary/aromatic N) is 3. The summed E-state index contributed by atoms with van der Waals surface area (Å²) in [6.07, 6.45) is 0. The molecule has 7 heteroatoms. The minimum atomic E-state index is -0.435. The smallest absolute Gasteiger partial charge is 0.274 e. The molecular formula is C20H24N4O3. The number of rotatable bonds is 5. The second kappa shape index (κ2) is 8.18. The monoisotopic (exact) mass is 368 g/mol. The van der Waals surface area contributed by atoms with Crippen LogP contribution in [0.3, 0.4) is 0 Å². The maximum absolute atomic E-state index is 12.3. The topological polar surface area (TPSA) is 78.7 Å². The van der Waals surface area contributed by atoms with Crippen LogP contribution in [-0.2, 0) is 4.79 Å². The van der Waals surface area contributed by atoms with Crippen molar-refractivity contribution in [2.24, 2.45) is 0 Å². The Hall–Kier alpha value is -2.93. The van der Waals surface area contributed by atoms with Crippen molar-refractivity contribution in [2.75, 3.05) is 42.9 Å².